The number of carbonyl (C=O) groups is 1. The first-order valence-corrected chi connectivity index (χ1v) is 10.1. The Morgan fingerprint density at radius 2 is 2.07 bits per heavy atom. The molecule has 0 saturated carbocycles. The highest BCUT2D eigenvalue weighted by molar-refractivity contribution is 5.68. The van der Waals surface area contributed by atoms with Crippen LogP contribution in [0.2, 0.25) is 0 Å². The van der Waals surface area contributed by atoms with Gasteiger partial charge in [0.15, 0.2) is 0 Å². The fraction of sp³-hybridized carbons (Fsp3) is 0.333. The van der Waals surface area contributed by atoms with Gasteiger partial charge in [-0.05, 0) is 73.9 Å². The normalized spacial score (nSPS) is 15.3. The number of aromatic nitrogens is 1. The maximum absolute atomic E-state index is 11.1. The van der Waals surface area contributed by atoms with E-state index in [4.69, 9.17) is 14.3 Å². The van der Waals surface area contributed by atoms with Crippen LogP contribution in [0.5, 0.6) is 5.75 Å². The molecule has 0 spiro atoms. The Morgan fingerprint density at radius 3 is 2.86 bits per heavy atom. The van der Waals surface area contributed by atoms with E-state index in [0.29, 0.717) is 12.5 Å². The molecule has 1 aliphatic carbocycles. The lowest BCUT2D eigenvalue weighted by atomic mass is 9.98. The van der Waals surface area contributed by atoms with Crippen molar-refractivity contribution in [2.24, 2.45) is 0 Å². The minimum Gasteiger partial charge on any atom is -0.494 e. The maximum atomic E-state index is 11.1. The molecule has 1 N–H and O–H groups in total. The summed E-state index contributed by atoms with van der Waals surface area (Å²) in [6.07, 6.45) is 3.65. The van der Waals surface area contributed by atoms with Crippen LogP contribution in [0, 0.1) is 6.92 Å². The lowest BCUT2D eigenvalue weighted by Gasteiger charge is -2.11. The predicted octanol–water partition coefficient (Wildman–Crippen LogP) is 5.17. The van der Waals surface area contributed by atoms with Gasteiger partial charge in [-0.15, -0.1) is 0 Å². The molecule has 1 atom stereocenters. The largest absolute Gasteiger partial charge is 0.494 e. The van der Waals surface area contributed by atoms with Crippen LogP contribution in [0.15, 0.2) is 52.9 Å². The van der Waals surface area contributed by atoms with Crippen LogP contribution < -0.4 is 4.74 Å². The van der Waals surface area contributed by atoms with Crippen molar-refractivity contribution in [3.05, 3.63) is 71.1 Å². The fourth-order valence-electron chi connectivity index (χ4n) is 3.97. The van der Waals surface area contributed by atoms with E-state index >= 15 is 0 Å². The van der Waals surface area contributed by atoms with Crippen LogP contribution in [0.4, 0.5) is 0 Å². The molecule has 5 heteroatoms. The monoisotopic (exact) mass is 391 g/mol. The van der Waals surface area contributed by atoms with Crippen molar-refractivity contribution in [3.63, 3.8) is 0 Å². The molecule has 1 aliphatic rings. The Balaban J connectivity index is 1.33. The van der Waals surface area contributed by atoms with E-state index in [1.165, 1.54) is 5.56 Å². The zero-order chi connectivity index (χ0) is 20.2. The highest BCUT2D eigenvalue weighted by atomic mass is 16.5. The van der Waals surface area contributed by atoms with E-state index in [1.807, 2.05) is 49.4 Å². The molecule has 0 amide bonds. The number of oxazole rings is 1. The van der Waals surface area contributed by atoms with E-state index < -0.39 is 5.97 Å². The number of fused-ring (bicyclic) bond motifs is 1. The zero-order valence-corrected chi connectivity index (χ0v) is 16.6. The third-order valence-corrected chi connectivity index (χ3v) is 5.48. The van der Waals surface area contributed by atoms with Gasteiger partial charge in [0.2, 0.25) is 5.89 Å². The van der Waals surface area contributed by atoms with Crippen molar-refractivity contribution in [2.75, 3.05) is 6.61 Å². The van der Waals surface area contributed by atoms with Crippen molar-refractivity contribution in [1.82, 2.24) is 4.98 Å². The molecule has 0 bridgehead atoms. The summed E-state index contributed by atoms with van der Waals surface area (Å²) in [5, 5.41) is 9.10. The van der Waals surface area contributed by atoms with Gasteiger partial charge < -0.3 is 14.3 Å². The number of hydrogen-bond acceptors (Lipinski definition) is 4. The maximum Gasteiger partial charge on any atom is 0.303 e. The molecule has 0 aliphatic heterocycles. The molecule has 150 valence electrons. The van der Waals surface area contributed by atoms with Gasteiger partial charge in [-0.2, -0.15) is 0 Å². The van der Waals surface area contributed by atoms with Crippen molar-refractivity contribution in [1.29, 1.82) is 0 Å². The van der Waals surface area contributed by atoms with Crippen molar-refractivity contribution in [2.45, 2.75) is 44.9 Å². The molecule has 1 heterocycles. The minimum absolute atomic E-state index is 0.0974. The first-order chi connectivity index (χ1) is 14.1. The predicted molar refractivity (Wildman–Crippen MR) is 110 cm³/mol. The Labute approximate surface area is 170 Å². The summed E-state index contributed by atoms with van der Waals surface area (Å²) < 4.78 is 11.7. The smallest absolute Gasteiger partial charge is 0.303 e. The summed E-state index contributed by atoms with van der Waals surface area (Å²) in [7, 11) is 0. The van der Waals surface area contributed by atoms with Crippen molar-refractivity contribution >= 4 is 5.97 Å². The molecule has 0 saturated heterocycles. The van der Waals surface area contributed by atoms with Crippen LogP contribution in [0.3, 0.4) is 0 Å². The molecule has 0 radical (unpaired) electrons. The van der Waals surface area contributed by atoms with Crippen LogP contribution in [-0.2, 0) is 17.6 Å². The Bertz CT molecular complexity index is 993. The average molecular weight is 391 g/mol. The number of aryl methyl sites for hydroxylation is 3. The topological polar surface area (TPSA) is 72.6 Å². The van der Waals surface area contributed by atoms with Gasteiger partial charge in [0.1, 0.15) is 11.5 Å². The summed E-state index contributed by atoms with van der Waals surface area (Å²) in [6, 6.07) is 16.0. The standard InChI is InChI=1S/C24H25NO4/c1-16-22(25-24(29-16)18-6-3-2-4-7-18)8-5-13-28-20-12-11-17-9-10-19(14-23(26)27)21(17)15-20/h2-4,6-7,11-12,15,19H,5,8-10,13-14H2,1H3,(H,26,27)/t19-/m0/s1. The van der Waals surface area contributed by atoms with Crippen molar-refractivity contribution < 1.29 is 19.1 Å². The second-order valence-corrected chi connectivity index (χ2v) is 7.53. The molecule has 29 heavy (non-hydrogen) atoms. The summed E-state index contributed by atoms with van der Waals surface area (Å²) in [6.45, 7) is 2.52. The first-order valence-electron chi connectivity index (χ1n) is 10.1. The van der Waals surface area contributed by atoms with Gasteiger partial charge in [-0.3, -0.25) is 4.79 Å². The second kappa shape index (κ2) is 8.52. The van der Waals surface area contributed by atoms with Gasteiger partial charge in [0, 0.05) is 5.56 Å². The summed E-state index contributed by atoms with van der Waals surface area (Å²) >= 11 is 0. The molecule has 1 aromatic heterocycles. The molecule has 4 rings (SSSR count). The zero-order valence-electron chi connectivity index (χ0n) is 16.6. The van der Waals surface area contributed by atoms with E-state index in [2.05, 4.69) is 11.1 Å². The number of carboxylic acids is 1. The van der Waals surface area contributed by atoms with Gasteiger partial charge >= 0.3 is 5.97 Å². The Hall–Kier alpha value is -3.08. The molecule has 5 nitrogen and oxygen atoms in total. The molecule has 3 aromatic rings. The van der Waals surface area contributed by atoms with Gasteiger partial charge in [0.05, 0.1) is 18.7 Å². The number of carboxylic acid groups (broad SMARTS) is 1. The molecule has 2 aromatic carbocycles. The lowest BCUT2D eigenvalue weighted by Crippen LogP contribution is -2.04. The number of rotatable bonds is 8. The average Bonchev–Trinajstić information content (AvgIpc) is 3.29. The third kappa shape index (κ3) is 4.50. The van der Waals surface area contributed by atoms with Gasteiger partial charge in [0.25, 0.3) is 0 Å². The first kappa shape index (κ1) is 19.2. The van der Waals surface area contributed by atoms with E-state index in [-0.39, 0.29) is 12.3 Å². The number of ether oxygens (including phenoxy) is 1. The fourth-order valence-corrected chi connectivity index (χ4v) is 3.97. The Morgan fingerprint density at radius 1 is 1.24 bits per heavy atom. The van der Waals surface area contributed by atoms with Gasteiger partial charge in [-0.25, -0.2) is 4.98 Å². The number of aliphatic carboxylic acids is 1. The van der Waals surface area contributed by atoms with Crippen LogP contribution in [0.1, 0.15) is 47.8 Å². The minimum atomic E-state index is -0.743. The highest BCUT2D eigenvalue weighted by Crippen LogP contribution is 2.37. The van der Waals surface area contributed by atoms with E-state index in [1.54, 1.807) is 0 Å². The number of nitrogens with zero attached hydrogens (tertiary/aromatic N) is 1. The van der Waals surface area contributed by atoms with Crippen molar-refractivity contribution in [3.8, 4) is 17.2 Å². The molecule has 0 unspecified atom stereocenters. The van der Waals surface area contributed by atoms with Crippen LogP contribution in [0.25, 0.3) is 11.5 Å². The number of benzene rings is 2. The quantitative estimate of drug-likeness (QED) is 0.537. The summed E-state index contributed by atoms with van der Waals surface area (Å²) in [5.41, 5.74) is 4.31. The highest BCUT2D eigenvalue weighted by Gasteiger charge is 2.25. The van der Waals surface area contributed by atoms with Crippen LogP contribution in [-0.4, -0.2) is 22.7 Å². The summed E-state index contributed by atoms with van der Waals surface area (Å²) in [5.74, 6) is 1.66. The number of hydrogen-bond donors (Lipinski definition) is 1. The summed E-state index contributed by atoms with van der Waals surface area (Å²) in [4.78, 5) is 15.7. The second-order valence-electron chi connectivity index (χ2n) is 7.53. The van der Waals surface area contributed by atoms with Crippen LogP contribution >= 0.6 is 0 Å². The molecule has 0 fully saturated rings. The molecular weight excluding hydrogens is 366 g/mol. The Kier molecular flexibility index (Phi) is 5.65. The molecular formula is C24H25NO4. The lowest BCUT2D eigenvalue weighted by molar-refractivity contribution is -0.137. The SMILES string of the molecule is Cc1oc(-c2ccccc2)nc1CCCOc1ccc2c(c1)[C@H](CC(=O)O)CC2. The van der Waals surface area contributed by atoms with E-state index in [9.17, 15) is 4.79 Å². The third-order valence-electron chi connectivity index (χ3n) is 5.48. The van der Waals surface area contributed by atoms with Gasteiger partial charge in [-0.1, -0.05) is 24.3 Å². The van der Waals surface area contributed by atoms with E-state index in [0.717, 1.165) is 54.0 Å².